The van der Waals surface area contributed by atoms with Crippen LogP contribution in [-0.2, 0) is 10.0 Å². The Morgan fingerprint density at radius 3 is 2.43 bits per heavy atom. The highest BCUT2D eigenvalue weighted by Gasteiger charge is 2.20. The Morgan fingerprint density at radius 2 is 1.95 bits per heavy atom. The fraction of sp³-hybridized carbons (Fsp3) is 0. The van der Waals surface area contributed by atoms with Gasteiger partial charge in [0.2, 0.25) is 0 Å². The topological polar surface area (TPSA) is 72.2 Å². The number of hydrogen-bond donors (Lipinski definition) is 2. The molecule has 2 aromatic rings. The Bertz CT molecular complexity index is 801. The van der Waals surface area contributed by atoms with Crippen molar-refractivity contribution in [3.05, 3.63) is 43.7 Å². The van der Waals surface area contributed by atoms with Gasteiger partial charge in [-0.05, 0) is 40.2 Å². The van der Waals surface area contributed by atoms with Gasteiger partial charge in [-0.3, -0.25) is 4.72 Å². The molecule has 3 N–H and O–H groups in total. The third-order valence-electron chi connectivity index (χ3n) is 2.39. The number of rotatable bonds is 4. The number of halogens is 3. The second-order valence-electron chi connectivity index (χ2n) is 3.85. The Hall–Kier alpha value is -0.380. The molecule has 2 rings (SSSR count). The smallest absolute Gasteiger partial charge is 0.271 e. The summed E-state index contributed by atoms with van der Waals surface area (Å²) >= 11 is 20.9. The Morgan fingerprint density at radius 1 is 1.29 bits per heavy atom. The van der Waals surface area contributed by atoms with E-state index in [4.69, 9.17) is 41.2 Å². The number of thiocarbonyl (C=S) groups is 1. The number of anilines is 1. The van der Waals surface area contributed by atoms with E-state index in [0.717, 1.165) is 11.3 Å². The zero-order valence-electron chi connectivity index (χ0n) is 10.1. The summed E-state index contributed by atoms with van der Waals surface area (Å²) in [6.45, 7) is 0. The van der Waals surface area contributed by atoms with Gasteiger partial charge >= 0.3 is 0 Å². The van der Waals surface area contributed by atoms with Crippen molar-refractivity contribution in [1.82, 2.24) is 0 Å². The largest absolute Gasteiger partial charge is 0.389 e. The van der Waals surface area contributed by atoms with Gasteiger partial charge < -0.3 is 5.73 Å². The molecular weight excluding hydrogens is 439 g/mol. The number of benzene rings is 1. The summed E-state index contributed by atoms with van der Waals surface area (Å²) in [5.41, 5.74) is 6.28. The van der Waals surface area contributed by atoms with Crippen molar-refractivity contribution >= 4 is 83.4 Å². The first-order valence-corrected chi connectivity index (χ1v) is 9.53. The van der Waals surface area contributed by atoms with Gasteiger partial charge in [0.25, 0.3) is 10.0 Å². The number of hydrogen-bond acceptors (Lipinski definition) is 4. The SMILES string of the molecule is NC(=S)c1ccc(NS(=O)(=O)c2cc(Cl)c(Br)s2)c(Cl)c1. The molecule has 0 saturated carbocycles. The molecule has 0 amide bonds. The summed E-state index contributed by atoms with van der Waals surface area (Å²) in [5, 5.41) is 0.529. The van der Waals surface area contributed by atoms with Gasteiger partial charge in [-0.1, -0.05) is 35.4 Å². The van der Waals surface area contributed by atoms with Crippen molar-refractivity contribution in [3.63, 3.8) is 0 Å². The molecule has 0 aliphatic carbocycles. The van der Waals surface area contributed by atoms with Crippen LogP contribution in [0.1, 0.15) is 5.56 Å². The van der Waals surface area contributed by atoms with E-state index in [1.807, 2.05) is 0 Å². The van der Waals surface area contributed by atoms with Gasteiger partial charge in [-0.25, -0.2) is 8.42 Å². The van der Waals surface area contributed by atoms with E-state index in [-0.39, 0.29) is 19.9 Å². The number of nitrogens with two attached hydrogens (primary N) is 1. The van der Waals surface area contributed by atoms with Crippen LogP contribution in [0.2, 0.25) is 10.0 Å². The van der Waals surface area contributed by atoms with Gasteiger partial charge in [0.15, 0.2) is 0 Å². The molecule has 0 bridgehead atoms. The first-order valence-electron chi connectivity index (χ1n) is 5.27. The molecule has 0 unspecified atom stereocenters. The van der Waals surface area contributed by atoms with Gasteiger partial charge in [-0.2, -0.15) is 0 Å². The van der Waals surface area contributed by atoms with E-state index in [9.17, 15) is 8.42 Å². The maximum absolute atomic E-state index is 12.2. The van der Waals surface area contributed by atoms with Crippen molar-refractivity contribution in [3.8, 4) is 0 Å². The molecule has 1 aromatic heterocycles. The zero-order chi connectivity index (χ0) is 15.8. The third-order valence-corrected chi connectivity index (χ3v) is 7.25. The first-order chi connectivity index (χ1) is 9.70. The van der Waals surface area contributed by atoms with Crippen molar-refractivity contribution in [2.24, 2.45) is 5.73 Å². The van der Waals surface area contributed by atoms with Crippen LogP contribution in [0.25, 0.3) is 0 Å². The van der Waals surface area contributed by atoms with E-state index in [1.165, 1.54) is 18.2 Å². The highest BCUT2D eigenvalue weighted by atomic mass is 79.9. The van der Waals surface area contributed by atoms with Crippen LogP contribution in [-0.4, -0.2) is 13.4 Å². The Balaban J connectivity index is 2.35. The van der Waals surface area contributed by atoms with E-state index < -0.39 is 10.0 Å². The van der Waals surface area contributed by atoms with Crippen molar-refractivity contribution in [1.29, 1.82) is 0 Å². The lowest BCUT2D eigenvalue weighted by Crippen LogP contribution is -2.13. The molecule has 0 aliphatic heterocycles. The van der Waals surface area contributed by atoms with E-state index in [0.29, 0.717) is 14.4 Å². The summed E-state index contributed by atoms with van der Waals surface area (Å²) < 4.78 is 27.5. The van der Waals surface area contributed by atoms with Crippen LogP contribution in [0.3, 0.4) is 0 Å². The minimum Gasteiger partial charge on any atom is -0.389 e. The fourth-order valence-corrected chi connectivity index (χ4v) is 5.29. The molecular formula is C11H7BrCl2N2O2S3. The van der Waals surface area contributed by atoms with Gasteiger partial charge in [0, 0.05) is 5.56 Å². The molecule has 0 fully saturated rings. The molecule has 0 aliphatic rings. The first kappa shape index (κ1) is 17.0. The molecule has 112 valence electrons. The van der Waals surface area contributed by atoms with Crippen molar-refractivity contribution in [2.75, 3.05) is 4.72 Å². The quantitative estimate of drug-likeness (QED) is 0.689. The molecule has 0 atom stereocenters. The zero-order valence-corrected chi connectivity index (χ0v) is 15.6. The molecule has 0 saturated heterocycles. The third kappa shape index (κ3) is 3.88. The molecule has 1 heterocycles. The lowest BCUT2D eigenvalue weighted by Gasteiger charge is -2.09. The monoisotopic (exact) mass is 444 g/mol. The second kappa shape index (κ2) is 6.39. The average Bonchev–Trinajstić information content (AvgIpc) is 2.72. The van der Waals surface area contributed by atoms with E-state index in [1.54, 1.807) is 6.07 Å². The fourth-order valence-electron chi connectivity index (χ4n) is 1.41. The summed E-state index contributed by atoms with van der Waals surface area (Å²) in [6.07, 6.45) is 0. The van der Waals surface area contributed by atoms with Crippen LogP contribution in [0.15, 0.2) is 32.3 Å². The molecule has 21 heavy (non-hydrogen) atoms. The second-order valence-corrected chi connectivity index (χ2v) is 9.39. The summed E-state index contributed by atoms with van der Waals surface area (Å²) in [7, 11) is -3.77. The predicted octanol–water partition coefficient (Wildman–Crippen LogP) is 4.25. The van der Waals surface area contributed by atoms with Crippen LogP contribution >= 0.6 is 62.7 Å². The normalized spacial score (nSPS) is 11.4. The standard InChI is InChI=1S/C11H7BrCl2N2O2S3/c12-10-7(14)4-9(20-10)21(17,18)16-8-2-1-5(11(15)19)3-6(8)13/h1-4,16H,(H2,15,19). The van der Waals surface area contributed by atoms with Crippen LogP contribution in [0.4, 0.5) is 5.69 Å². The minimum atomic E-state index is -3.77. The Labute approximate surface area is 149 Å². The molecule has 0 spiro atoms. The van der Waals surface area contributed by atoms with Crippen molar-refractivity contribution < 1.29 is 8.42 Å². The highest BCUT2D eigenvalue weighted by molar-refractivity contribution is 9.11. The summed E-state index contributed by atoms with van der Waals surface area (Å²) in [5.74, 6) is 0. The number of nitrogens with one attached hydrogen (secondary N) is 1. The maximum atomic E-state index is 12.2. The average molecular weight is 446 g/mol. The van der Waals surface area contributed by atoms with Crippen molar-refractivity contribution in [2.45, 2.75) is 4.21 Å². The predicted molar refractivity (Wildman–Crippen MR) is 95.2 cm³/mol. The Kier molecular flexibility index (Phi) is 5.17. The highest BCUT2D eigenvalue weighted by Crippen LogP contribution is 2.36. The van der Waals surface area contributed by atoms with Crippen LogP contribution in [0, 0.1) is 0 Å². The lowest BCUT2D eigenvalue weighted by atomic mass is 10.2. The maximum Gasteiger partial charge on any atom is 0.271 e. The van der Waals surface area contributed by atoms with E-state index in [2.05, 4.69) is 20.7 Å². The van der Waals surface area contributed by atoms with Crippen LogP contribution in [0.5, 0.6) is 0 Å². The molecule has 0 radical (unpaired) electrons. The van der Waals surface area contributed by atoms with E-state index >= 15 is 0 Å². The molecule has 4 nitrogen and oxygen atoms in total. The molecule has 1 aromatic carbocycles. The van der Waals surface area contributed by atoms with Gasteiger partial charge in [-0.15, -0.1) is 11.3 Å². The number of thiophene rings is 1. The lowest BCUT2D eigenvalue weighted by molar-refractivity contribution is 0.603. The summed E-state index contributed by atoms with van der Waals surface area (Å²) in [6, 6.07) is 5.94. The minimum absolute atomic E-state index is 0.0777. The van der Waals surface area contributed by atoms with Crippen LogP contribution < -0.4 is 10.5 Å². The summed E-state index contributed by atoms with van der Waals surface area (Å²) in [4.78, 5) is 0.181. The van der Waals surface area contributed by atoms with Gasteiger partial charge in [0.05, 0.1) is 19.5 Å². The van der Waals surface area contributed by atoms with Gasteiger partial charge in [0.1, 0.15) is 9.20 Å². The number of sulfonamides is 1. The molecule has 10 heteroatoms.